The number of benzene rings is 1. The fourth-order valence-corrected chi connectivity index (χ4v) is 3.83. The maximum absolute atomic E-state index is 12.4. The molecule has 2 saturated carbocycles. The minimum atomic E-state index is -0.574. The summed E-state index contributed by atoms with van der Waals surface area (Å²) in [5.74, 6) is 2.09. The Labute approximate surface area is 162 Å². The minimum absolute atomic E-state index is 0.0348. The number of rotatable bonds is 7. The Morgan fingerprint density at radius 3 is 2.48 bits per heavy atom. The van der Waals surface area contributed by atoms with E-state index in [1.54, 1.807) is 11.9 Å². The first-order valence-electron chi connectivity index (χ1n) is 9.95. The van der Waals surface area contributed by atoms with Crippen LogP contribution in [0.1, 0.15) is 40.0 Å². The van der Waals surface area contributed by atoms with Crippen LogP contribution in [-0.2, 0) is 0 Å². The van der Waals surface area contributed by atoms with Crippen LogP contribution in [0.15, 0.2) is 24.3 Å². The van der Waals surface area contributed by atoms with Gasteiger partial charge in [-0.15, -0.1) is 0 Å². The van der Waals surface area contributed by atoms with E-state index in [-0.39, 0.29) is 18.2 Å². The average Bonchev–Trinajstić information content (AvgIpc) is 3.04. The van der Waals surface area contributed by atoms with Crippen LogP contribution in [0.3, 0.4) is 0 Å². The van der Waals surface area contributed by atoms with Crippen molar-refractivity contribution in [1.29, 1.82) is 0 Å². The van der Waals surface area contributed by atoms with Gasteiger partial charge in [-0.2, -0.15) is 0 Å². The summed E-state index contributed by atoms with van der Waals surface area (Å²) in [6.07, 6.45) is 3.24. The molecule has 6 heteroatoms. The van der Waals surface area contributed by atoms with Crippen molar-refractivity contribution in [2.75, 3.05) is 25.1 Å². The molecule has 150 valence electrons. The molecule has 1 aromatic rings. The van der Waals surface area contributed by atoms with E-state index in [0.29, 0.717) is 30.2 Å². The van der Waals surface area contributed by atoms with Gasteiger partial charge in [-0.25, -0.2) is 4.79 Å². The van der Waals surface area contributed by atoms with E-state index in [1.807, 2.05) is 24.3 Å². The van der Waals surface area contributed by atoms with Crippen molar-refractivity contribution < 1.29 is 14.6 Å². The van der Waals surface area contributed by atoms with Gasteiger partial charge in [0.25, 0.3) is 0 Å². The number of aliphatic hydroxyl groups excluding tert-OH is 1. The maximum Gasteiger partial charge on any atom is 0.321 e. The van der Waals surface area contributed by atoms with Crippen molar-refractivity contribution in [3.63, 3.8) is 0 Å². The molecule has 2 aliphatic rings. The lowest BCUT2D eigenvalue weighted by molar-refractivity contribution is 0.100. The Kier molecular flexibility index (Phi) is 5.96. The molecule has 6 nitrogen and oxygen atoms in total. The molecular weight excluding hydrogens is 342 g/mol. The predicted octanol–water partition coefficient (Wildman–Crippen LogP) is 2.76. The number of aliphatic hydroxyl groups is 1. The summed E-state index contributed by atoms with van der Waals surface area (Å²) in [6.45, 7) is 6.88. The van der Waals surface area contributed by atoms with Crippen LogP contribution in [0.5, 0.6) is 5.75 Å². The van der Waals surface area contributed by atoms with Gasteiger partial charge in [-0.1, -0.05) is 6.42 Å². The molecule has 2 fully saturated rings. The molecule has 0 saturated heterocycles. The van der Waals surface area contributed by atoms with E-state index in [9.17, 15) is 9.90 Å². The van der Waals surface area contributed by atoms with Gasteiger partial charge in [0, 0.05) is 30.9 Å². The SMILES string of the molecule is CN(C(=O)NC1C2CCCC21)c1ccc(OCC(O)CNC(C)(C)C)cc1. The highest BCUT2D eigenvalue weighted by atomic mass is 16.5. The van der Waals surface area contributed by atoms with E-state index < -0.39 is 6.10 Å². The number of ether oxygens (including phenoxy) is 1. The van der Waals surface area contributed by atoms with E-state index in [2.05, 4.69) is 31.4 Å². The highest BCUT2D eigenvalue weighted by Crippen LogP contribution is 2.51. The number of carbonyl (C=O) groups excluding carboxylic acids is 1. The number of urea groups is 1. The van der Waals surface area contributed by atoms with Gasteiger partial charge in [-0.05, 0) is 69.7 Å². The number of carbonyl (C=O) groups is 1. The number of anilines is 1. The van der Waals surface area contributed by atoms with Crippen molar-refractivity contribution >= 4 is 11.7 Å². The van der Waals surface area contributed by atoms with Gasteiger partial charge in [0.15, 0.2) is 0 Å². The highest BCUT2D eigenvalue weighted by molar-refractivity contribution is 5.91. The Balaban J connectivity index is 1.43. The zero-order valence-electron chi connectivity index (χ0n) is 16.9. The van der Waals surface area contributed by atoms with Crippen LogP contribution < -0.4 is 20.3 Å². The molecule has 27 heavy (non-hydrogen) atoms. The van der Waals surface area contributed by atoms with Crippen molar-refractivity contribution in [3.8, 4) is 5.75 Å². The topological polar surface area (TPSA) is 73.8 Å². The third kappa shape index (κ3) is 5.36. The standard InChI is InChI=1S/C21H33N3O3/c1-21(2,3)22-12-15(25)13-27-16-10-8-14(9-11-16)24(4)20(26)23-19-17-6-5-7-18(17)19/h8-11,15,17-19,22,25H,5-7,12-13H2,1-4H3,(H,23,26). The summed E-state index contributed by atoms with van der Waals surface area (Å²) in [6, 6.07) is 7.71. The second-order valence-electron chi connectivity index (χ2n) is 8.88. The van der Waals surface area contributed by atoms with Gasteiger partial charge in [0.05, 0.1) is 0 Å². The summed E-state index contributed by atoms with van der Waals surface area (Å²) in [5.41, 5.74) is 0.785. The molecule has 1 aromatic carbocycles. The second-order valence-corrected chi connectivity index (χ2v) is 8.88. The normalized spacial score (nSPS) is 24.9. The summed E-state index contributed by atoms with van der Waals surface area (Å²) >= 11 is 0. The zero-order chi connectivity index (χ0) is 19.6. The first kappa shape index (κ1) is 20.0. The molecule has 0 bridgehead atoms. The molecule has 0 heterocycles. The summed E-state index contributed by atoms with van der Waals surface area (Å²) < 4.78 is 5.64. The third-order valence-corrected chi connectivity index (χ3v) is 5.54. The molecule has 3 N–H and O–H groups in total. The number of nitrogens with zero attached hydrogens (tertiary/aromatic N) is 1. The lowest BCUT2D eigenvalue weighted by Gasteiger charge is -2.23. The number of hydrogen-bond acceptors (Lipinski definition) is 4. The van der Waals surface area contributed by atoms with Gasteiger partial charge in [-0.3, -0.25) is 4.90 Å². The molecule has 3 unspecified atom stereocenters. The number of amides is 2. The molecule has 0 aromatic heterocycles. The Morgan fingerprint density at radius 2 is 1.89 bits per heavy atom. The van der Waals surface area contributed by atoms with Gasteiger partial charge >= 0.3 is 6.03 Å². The molecule has 2 amide bonds. The lowest BCUT2D eigenvalue weighted by atomic mass is 10.1. The molecule has 3 rings (SSSR count). The largest absolute Gasteiger partial charge is 0.491 e. The first-order valence-corrected chi connectivity index (χ1v) is 9.95. The van der Waals surface area contributed by atoms with Gasteiger partial charge in [0.1, 0.15) is 18.5 Å². The molecule has 3 atom stereocenters. The van der Waals surface area contributed by atoms with Crippen molar-refractivity contribution in [2.45, 2.75) is 57.7 Å². The lowest BCUT2D eigenvalue weighted by Crippen LogP contribution is -2.42. The zero-order valence-corrected chi connectivity index (χ0v) is 16.9. The van der Waals surface area contributed by atoms with Crippen LogP contribution in [-0.4, -0.2) is 49.0 Å². The number of β-amino-alcohol motifs (C(OH)–C–C–N with tert-alkyl or cyclic N) is 1. The molecular formula is C21H33N3O3. The summed E-state index contributed by atoms with van der Waals surface area (Å²) in [4.78, 5) is 14.1. The Hall–Kier alpha value is -1.79. The van der Waals surface area contributed by atoms with Crippen LogP contribution in [0, 0.1) is 11.8 Å². The van der Waals surface area contributed by atoms with Crippen LogP contribution in [0.2, 0.25) is 0 Å². The van der Waals surface area contributed by atoms with Gasteiger partial charge < -0.3 is 20.5 Å². The van der Waals surface area contributed by atoms with Gasteiger partial charge in [0.2, 0.25) is 0 Å². The smallest absolute Gasteiger partial charge is 0.321 e. The summed E-state index contributed by atoms with van der Waals surface area (Å²) in [7, 11) is 1.78. The minimum Gasteiger partial charge on any atom is -0.491 e. The first-order chi connectivity index (χ1) is 12.7. The van der Waals surface area contributed by atoms with E-state index in [4.69, 9.17) is 4.74 Å². The predicted molar refractivity (Wildman–Crippen MR) is 107 cm³/mol. The molecule has 0 radical (unpaired) electrons. The van der Waals surface area contributed by atoms with E-state index >= 15 is 0 Å². The number of nitrogens with one attached hydrogen (secondary N) is 2. The molecule has 0 spiro atoms. The monoisotopic (exact) mass is 375 g/mol. The Bertz CT molecular complexity index is 631. The second kappa shape index (κ2) is 8.07. The molecule has 2 aliphatic carbocycles. The third-order valence-electron chi connectivity index (χ3n) is 5.54. The number of hydrogen-bond donors (Lipinski definition) is 3. The maximum atomic E-state index is 12.4. The number of fused-ring (bicyclic) bond motifs is 1. The van der Waals surface area contributed by atoms with Crippen LogP contribution in [0.4, 0.5) is 10.5 Å². The van der Waals surface area contributed by atoms with E-state index in [1.165, 1.54) is 19.3 Å². The van der Waals surface area contributed by atoms with E-state index in [0.717, 1.165) is 5.69 Å². The Morgan fingerprint density at radius 1 is 1.26 bits per heavy atom. The van der Waals surface area contributed by atoms with Crippen LogP contribution >= 0.6 is 0 Å². The fourth-order valence-electron chi connectivity index (χ4n) is 3.83. The fraction of sp³-hybridized carbons (Fsp3) is 0.667. The van der Waals surface area contributed by atoms with Crippen LogP contribution in [0.25, 0.3) is 0 Å². The highest BCUT2D eigenvalue weighted by Gasteiger charge is 2.53. The average molecular weight is 376 g/mol. The van der Waals surface area contributed by atoms with Crippen molar-refractivity contribution in [3.05, 3.63) is 24.3 Å². The van der Waals surface area contributed by atoms with Crippen molar-refractivity contribution in [1.82, 2.24) is 10.6 Å². The quantitative estimate of drug-likeness (QED) is 0.685. The van der Waals surface area contributed by atoms with Crippen molar-refractivity contribution in [2.24, 2.45) is 11.8 Å². The summed E-state index contributed by atoms with van der Waals surface area (Å²) in [5, 5.41) is 16.4. The molecule has 0 aliphatic heterocycles.